The number of pyridine rings is 1. The lowest BCUT2D eigenvalue weighted by atomic mass is 10.1. The van der Waals surface area contributed by atoms with Crippen LogP contribution in [0.25, 0.3) is 0 Å². The van der Waals surface area contributed by atoms with Crippen LogP contribution in [0.2, 0.25) is 0 Å². The van der Waals surface area contributed by atoms with Gasteiger partial charge in [-0.3, -0.25) is 9.78 Å². The van der Waals surface area contributed by atoms with Gasteiger partial charge in [0.25, 0.3) is 5.91 Å². The van der Waals surface area contributed by atoms with E-state index in [2.05, 4.69) is 24.1 Å². The van der Waals surface area contributed by atoms with Gasteiger partial charge in [-0.2, -0.15) is 0 Å². The summed E-state index contributed by atoms with van der Waals surface area (Å²) in [5.74, 6) is 1.85. The summed E-state index contributed by atoms with van der Waals surface area (Å²) in [6.07, 6.45) is 2.74. The van der Waals surface area contributed by atoms with Crippen molar-refractivity contribution in [2.45, 2.75) is 53.1 Å². The molecule has 0 bridgehead atoms. The highest BCUT2D eigenvalue weighted by Gasteiger charge is 2.13. The topological polar surface area (TPSA) is 69.7 Å². The van der Waals surface area contributed by atoms with Crippen LogP contribution < -0.4 is 14.8 Å². The Morgan fingerprint density at radius 1 is 0.941 bits per heavy atom. The molecule has 1 amide bonds. The number of carbonyl (C=O) groups is 1. The first kappa shape index (κ1) is 25.2. The molecule has 0 aliphatic heterocycles. The van der Waals surface area contributed by atoms with E-state index in [0.717, 1.165) is 30.9 Å². The van der Waals surface area contributed by atoms with Crippen LogP contribution >= 0.6 is 0 Å². The van der Waals surface area contributed by atoms with Gasteiger partial charge < -0.3 is 19.5 Å². The molecule has 1 unspecified atom stereocenters. The normalized spacial score (nSPS) is 11.6. The molecule has 0 fully saturated rings. The van der Waals surface area contributed by atoms with Gasteiger partial charge in [-0.25, -0.2) is 0 Å². The molecule has 0 radical (unpaired) electrons. The zero-order valence-corrected chi connectivity index (χ0v) is 20.5. The van der Waals surface area contributed by atoms with Gasteiger partial charge in [0.1, 0.15) is 17.2 Å². The fraction of sp³-hybridized carbons (Fsp3) is 0.357. The summed E-state index contributed by atoms with van der Waals surface area (Å²) in [5.41, 5.74) is 2.79. The largest absolute Gasteiger partial charge is 0.493 e. The van der Waals surface area contributed by atoms with E-state index in [1.165, 1.54) is 0 Å². The molecule has 34 heavy (non-hydrogen) atoms. The third-order valence-corrected chi connectivity index (χ3v) is 5.10. The van der Waals surface area contributed by atoms with E-state index in [0.29, 0.717) is 41.5 Å². The van der Waals surface area contributed by atoms with Crippen LogP contribution in [-0.4, -0.2) is 30.2 Å². The summed E-state index contributed by atoms with van der Waals surface area (Å²) < 4.78 is 17.4. The van der Waals surface area contributed by atoms with Crippen molar-refractivity contribution >= 4 is 11.6 Å². The Bertz CT molecular complexity index is 1080. The molecule has 0 spiro atoms. The molecule has 6 nitrogen and oxygen atoms in total. The number of hydrogen-bond donors (Lipinski definition) is 1. The van der Waals surface area contributed by atoms with E-state index in [4.69, 9.17) is 14.2 Å². The lowest BCUT2D eigenvalue weighted by Gasteiger charge is -2.14. The first-order chi connectivity index (χ1) is 16.5. The lowest BCUT2D eigenvalue weighted by molar-refractivity contribution is 0.0663. The molecule has 180 valence electrons. The van der Waals surface area contributed by atoms with Crippen LogP contribution in [0.15, 0.2) is 60.7 Å². The molecule has 3 rings (SSSR count). The van der Waals surface area contributed by atoms with Crippen LogP contribution in [-0.2, 0) is 11.2 Å². The molecule has 1 aromatic heterocycles. The van der Waals surface area contributed by atoms with Gasteiger partial charge in [-0.1, -0.05) is 26.0 Å². The number of ether oxygens (including phenoxy) is 3. The minimum Gasteiger partial charge on any atom is -0.493 e. The van der Waals surface area contributed by atoms with Crippen molar-refractivity contribution in [3.05, 3.63) is 77.6 Å². The van der Waals surface area contributed by atoms with Crippen molar-refractivity contribution in [2.75, 3.05) is 18.5 Å². The van der Waals surface area contributed by atoms with E-state index in [9.17, 15) is 4.79 Å². The molecule has 0 aliphatic rings. The van der Waals surface area contributed by atoms with Gasteiger partial charge in [0.2, 0.25) is 0 Å². The number of benzene rings is 2. The Kier molecular flexibility index (Phi) is 9.47. The van der Waals surface area contributed by atoms with Crippen LogP contribution in [0.5, 0.6) is 17.2 Å². The Labute approximate surface area is 202 Å². The molecule has 0 saturated carbocycles. The van der Waals surface area contributed by atoms with E-state index in [-0.39, 0.29) is 12.0 Å². The summed E-state index contributed by atoms with van der Waals surface area (Å²) in [7, 11) is 0. The SMILES string of the molecule is CCCOc1cccc(Oc2cccc(NC(=O)c3ccc(CC(C)OCCC)nc3C)c2)c1. The molecule has 1 heterocycles. The highest BCUT2D eigenvalue weighted by Crippen LogP contribution is 2.27. The maximum absolute atomic E-state index is 12.9. The Balaban J connectivity index is 1.64. The highest BCUT2D eigenvalue weighted by molar-refractivity contribution is 6.05. The van der Waals surface area contributed by atoms with E-state index in [1.54, 1.807) is 6.07 Å². The summed E-state index contributed by atoms with van der Waals surface area (Å²) in [4.78, 5) is 17.5. The lowest BCUT2D eigenvalue weighted by Crippen LogP contribution is -2.16. The smallest absolute Gasteiger partial charge is 0.257 e. The fourth-order valence-electron chi connectivity index (χ4n) is 3.46. The maximum Gasteiger partial charge on any atom is 0.257 e. The van der Waals surface area contributed by atoms with Crippen molar-refractivity contribution in [2.24, 2.45) is 0 Å². The average molecular weight is 463 g/mol. The predicted molar refractivity (Wildman–Crippen MR) is 135 cm³/mol. The van der Waals surface area contributed by atoms with Crippen LogP contribution in [0, 0.1) is 6.92 Å². The quantitative estimate of drug-likeness (QED) is 0.329. The summed E-state index contributed by atoms with van der Waals surface area (Å²) >= 11 is 0. The number of nitrogens with one attached hydrogen (secondary N) is 1. The van der Waals surface area contributed by atoms with E-state index >= 15 is 0 Å². The van der Waals surface area contributed by atoms with Gasteiger partial charge in [0, 0.05) is 36.5 Å². The summed E-state index contributed by atoms with van der Waals surface area (Å²) in [5, 5.41) is 2.94. The van der Waals surface area contributed by atoms with E-state index in [1.807, 2.05) is 68.4 Å². The zero-order valence-electron chi connectivity index (χ0n) is 20.5. The van der Waals surface area contributed by atoms with Gasteiger partial charge in [0.15, 0.2) is 0 Å². The molecule has 0 aliphatic carbocycles. The minimum atomic E-state index is -0.209. The number of amides is 1. The number of nitrogens with zero attached hydrogens (tertiary/aromatic N) is 1. The fourth-order valence-corrected chi connectivity index (χ4v) is 3.46. The van der Waals surface area contributed by atoms with Crippen LogP contribution in [0.3, 0.4) is 0 Å². The van der Waals surface area contributed by atoms with Crippen molar-refractivity contribution in [1.29, 1.82) is 0 Å². The van der Waals surface area contributed by atoms with Gasteiger partial charge in [-0.15, -0.1) is 0 Å². The molecule has 1 atom stereocenters. The third-order valence-electron chi connectivity index (χ3n) is 5.10. The monoisotopic (exact) mass is 462 g/mol. The molecular weight excluding hydrogens is 428 g/mol. The minimum absolute atomic E-state index is 0.0909. The second kappa shape index (κ2) is 12.8. The Morgan fingerprint density at radius 3 is 2.38 bits per heavy atom. The second-order valence-corrected chi connectivity index (χ2v) is 8.23. The number of rotatable bonds is 12. The number of aryl methyl sites for hydroxylation is 1. The number of hydrogen-bond acceptors (Lipinski definition) is 5. The standard InChI is InChI=1S/C28H34N2O4/c1-5-15-32-20(3)17-23-13-14-27(21(4)29-23)28(31)30-22-9-7-11-25(18-22)34-26-12-8-10-24(19-26)33-16-6-2/h7-14,18-20H,5-6,15-17H2,1-4H3,(H,30,31). The summed E-state index contributed by atoms with van der Waals surface area (Å²) in [6, 6.07) is 18.5. The highest BCUT2D eigenvalue weighted by atomic mass is 16.5. The Morgan fingerprint density at radius 2 is 1.65 bits per heavy atom. The third kappa shape index (κ3) is 7.59. The summed E-state index contributed by atoms with van der Waals surface area (Å²) in [6.45, 7) is 9.44. The molecule has 6 heteroatoms. The van der Waals surface area contributed by atoms with Crippen molar-refractivity contribution in [3.63, 3.8) is 0 Å². The first-order valence-corrected chi connectivity index (χ1v) is 11.9. The second-order valence-electron chi connectivity index (χ2n) is 8.23. The van der Waals surface area contributed by atoms with Crippen molar-refractivity contribution in [3.8, 4) is 17.2 Å². The van der Waals surface area contributed by atoms with Gasteiger partial charge >= 0.3 is 0 Å². The molecule has 1 N–H and O–H groups in total. The van der Waals surface area contributed by atoms with Crippen molar-refractivity contribution < 1.29 is 19.0 Å². The number of carbonyl (C=O) groups excluding carboxylic acids is 1. The number of anilines is 1. The maximum atomic E-state index is 12.9. The van der Waals surface area contributed by atoms with Crippen LogP contribution in [0.4, 0.5) is 5.69 Å². The molecular formula is C28H34N2O4. The number of aromatic nitrogens is 1. The molecule has 3 aromatic rings. The van der Waals surface area contributed by atoms with Gasteiger partial charge in [-0.05, 0) is 63.1 Å². The first-order valence-electron chi connectivity index (χ1n) is 11.9. The van der Waals surface area contributed by atoms with Crippen molar-refractivity contribution in [1.82, 2.24) is 4.98 Å². The molecule has 0 saturated heterocycles. The zero-order chi connectivity index (χ0) is 24.3. The average Bonchev–Trinajstić information content (AvgIpc) is 2.82. The van der Waals surface area contributed by atoms with Gasteiger partial charge in [0.05, 0.1) is 24.0 Å². The Hall–Kier alpha value is -3.38. The van der Waals surface area contributed by atoms with E-state index < -0.39 is 0 Å². The predicted octanol–water partition coefficient (Wildman–Crippen LogP) is 6.58. The van der Waals surface area contributed by atoms with Crippen LogP contribution in [0.1, 0.15) is 55.4 Å². The molecule has 2 aromatic carbocycles.